The Morgan fingerprint density at radius 3 is 3.11 bits per heavy atom. The lowest BCUT2D eigenvalue weighted by molar-refractivity contribution is -0.113. The van der Waals surface area contributed by atoms with Crippen LogP contribution in [0.3, 0.4) is 0 Å². The molecule has 0 fully saturated rings. The first-order chi connectivity index (χ1) is 9.15. The summed E-state index contributed by atoms with van der Waals surface area (Å²) in [5.41, 5.74) is 2.65. The minimum atomic E-state index is -0.274. The average Bonchev–Trinajstić information content (AvgIpc) is 2.64. The normalized spacial score (nSPS) is 18.6. The summed E-state index contributed by atoms with van der Waals surface area (Å²) in [5, 5.41) is 9.64. The van der Waals surface area contributed by atoms with Gasteiger partial charge in [0.25, 0.3) is 0 Å². The minimum Gasteiger partial charge on any atom is -0.308 e. The highest BCUT2D eigenvalue weighted by Gasteiger charge is 2.28. The van der Waals surface area contributed by atoms with E-state index in [-0.39, 0.29) is 17.0 Å². The number of amides is 1. The van der Waals surface area contributed by atoms with Crippen LogP contribution in [0, 0.1) is 12.7 Å². The van der Waals surface area contributed by atoms with Crippen LogP contribution in [0.15, 0.2) is 24.3 Å². The number of rotatable bonds is 1. The molecule has 1 amide bonds. The standard InChI is InChI=1S/C13H12FN3OS/c1-7-11-12(8-3-2-4-9(14)5-8)19-6-10(18)15-13(11)17-16-7/h2-5,12H,6H2,1H3,(H2,15,16,17,18)/t12-/m0/s1. The Morgan fingerprint density at radius 2 is 2.32 bits per heavy atom. The van der Waals surface area contributed by atoms with Gasteiger partial charge in [-0.1, -0.05) is 12.1 Å². The third-order valence-electron chi connectivity index (χ3n) is 3.05. The van der Waals surface area contributed by atoms with Gasteiger partial charge in [0.15, 0.2) is 5.82 Å². The summed E-state index contributed by atoms with van der Waals surface area (Å²) < 4.78 is 13.4. The zero-order chi connectivity index (χ0) is 13.4. The summed E-state index contributed by atoms with van der Waals surface area (Å²) in [4.78, 5) is 11.6. The van der Waals surface area contributed by atoms with E-state index in [2.05, 4.69) is 15.5 Å². The molecule has 19 heavy (non-hydrogen) atoms. The van der Waals surface area contributed by atoms with E-state index in [1.165, 1.54) is 23.9 Å². The maximum atomic E-state index is 13.4. The van der Waals surface area contributed by atoms with Crippen molar-refractivity contribution in [1.82, 2.24) is 10.2 Å². The van der Waals surface area contributed by atoms with Gasteiger partial charge in [-0.05, 0) is 24.6 Å². The highest BCUT2D eigenvalue weighted by atomic mass is 32.2. The van der Waals surface area contributed by atoms with Crippen LogP contribution in [0.1, 0.15) is 22.1 Å². The Kier molecular flexibility index (Phi) is 3.02. The van der Waals surface area contributed by atoms with E-state index < -0.39 is 0 Å². The molecule has 4 nitrogen and oxygen atoms in total. The number of aryl methyl sites for hydroxylation is 1. The monoisotopic (exact) mass is 277 g/mol. The molecule has 0 aliphatic carbocycles. The number of benzene rings is 1. The molecule has 98 valence electrons. The van der Waals surface area contributed by atoms with Gasteiger partial charge in [0.1, 0.15) is 5.82 Å². The molecule has 0 radical (unpaired) electrons. The van der Waals surface area contributed by atoms with E-state index in [4.69, 9.17) is 0 Å². The van der Waals surface area contributed by atoms with Crippen LogP contribution in [0.25, 0.3) is 0 Å². The molecule has 3 rings (SSSR count). The van der Waals surface area contributed by atoms with Crippen LogP contribution in [-0.4, -0.2) is 21.9 Å². The largest absolute Gasteiger partial charge is 0.308 e. The molecule has 1 aromatic heterocycles. The second-order valence-corrected chi connectivity index (χ2v) is 5.50. The predicted molar refractivity (Wildman–Crippen MR) is 72.7 cm³/mol. The first kappa shape index (κ1) is 12.2. The number of halogens is 1. The molecule has 2 N–H and O–H groups in total. The van der Waals surface area contributed by atoms with Gasteiger partial charge in [-0.15, -0.1) is 11.8 Å². The zero-order valence-electron chi connectivity index (χ0n) is 10.2. The van der Waals surface area contributed by atoms with E-state index in [0.29, 0.717) is 11.6 Å². The summed E-state index contributed by atoms with van der Waals surface area (Å²) >= 11 is 1.48. The highest BCUT2D eigenvalue weighted by Crippen LogP contribution is 2.42. The van der Waals surface area contributed by atoms with Crippen LogP contribution in [-0.2, 0) is 4.79 Å². The van der Waals surface area contributed by atoms with Gasteiger partial charge in [-0.25, -0.2) is 4.39 Å². The first-order valence-electron chi connectivity index (χ1n) is 5.87. The Labute approximate surface area is 113 Å². The molecule has 0 unspecified atom stereocenters. The minimum absolute atomic E-state index is 0.0864. The van der Waals surface area contributed by atoms with E-state index in [9.17, 15) is 9.18 Å². The number of H-pyrrole nitrogens is 1. The summed E-state index contributed by atoms with van der Waals surface area (Å²) in [6.07, 6.45) is 0. The molecular weight excluding hydrogens is 265 g/mol. The predicted octanol–water partition coefficient (Wildman–Crippen LogP) is 2.63. The number of nitrogens with one attached hydrogen (secondary N) is 2. The second-order valence-electron chi connectivity index (χ2n) is 4.41. The lowest BCUT2D eigenvalue weighted by Crippen LogP contribution is -2.12. The number of hydrogen-bond acceptors (Lipinski definition) is 3. The van der Waals surface area contributed by atoms with Crippen molar-refractivity contribution in [2.24, 2.45) is 0 Å². The molecule has 0 spiro atoms. The van der Waals surface area contributed by atoms with E-state index in [1.807, 2.05) is 13.0 Å². The van der Waals surface area contributed by atoms with Crippen LogP contribution < -0.4 is 5.32 Å². The lowest BCUT2D eigenvalue weighted by atomic mass is 10.0. The Morgan fingerprint density at radius 1 is 1.47 bits per heavy atom. The third kappa shape index (κ3) is 2.23. The fourth-order valence-electron chi connectivity index (χ4n) is 2.20. The van der Waals surface area contributed by atoms with Gasteiger partial charge in [-0.2, -0.15) is 5.10 Å². The van der Waals surface area contributed by atoms with Crippen LogP contribution >= 0.6 is 11.8 Å². The quantitative estimate of drug-likeness (QED) is 0.842. The van der Waals surface area contributed by atoms with Crippen molar-refractivity contribution >= 4 is 23.5 Å². The van der Waals surface area contributed by atoms with Crippen molar-refractivity contribution in [1.29, 1.82) is 0 Å². The van der Waals surface area contributed by atoms with E-state index in [0.717, 1.165) is 16.8 Å². The van der Waals surface area contributed by atoms with Crippen molar-refractivity contribution < 1.29 is 9.18 Å². The number of nitrogens with zero attached hydrogens (tertiary/aromatic N) is 1. The number of thioether (sulfide) groups is 1. The maximum Gasteiger partial charge on any atom is 0.235 e. The summed E-state index contributed by atoms with van der Waals surface area (Å²) in [6, 6.07) is 6.47. The number of carbonyl (C=O) groups is 1. The Hall–Kier alpha value is -1.82. The second kappa shape index (κ2) is 4.70. The summed E-state index contributed by atoms with van der Waals surface area (Å²) in [6.45, 7) is 1.90. The van der Waals surface area contributed by atoms with Crippen molar-refractivity contribution in [3.63, 3.8) is 0 Å². The topological polar surface area (TPSA) is 57.8 Å². The number of fused-ring (bicyclic) bond motifs is 1. The van der Waals surface area contributed by atoms with Gasteiger partial charge in [-0.3, -0.25) is 9.89 Å². The van der Waals surface area contributed by atoms with Gasteiger partial charge in [0.05, 0.1) is 11.0 Å². The fraction of sp³-hybridized carbons (Fsp3) is 0.231. The number of carbonyl (C=O) groups excluding carboxylic acids is 1. The maximum absolute atomic E-state index is 13.4. The number of aromatic nitrogens is 2. The third-order valence-corrected chi connectivity index (χ3v) is 4.32. The van der Waals surface area contributed by atoms with Crippen molar-refractivity contribution in [2.75, 3.05) is 11.1 Å². The molecule has 2 aromatic rings. The average molecular weight is 277 g/mol. The SMILES string of the molecule is Cc1[nH]nc2c1[C@H](c1cccc(F)c1)SCC(=O)N2. The Bertz CT molecular complexity index is 641. The van der Waals surface area contributed by atoms with Crippen LogP contribution in [0.2, 0.25) is 0 Å². The molecule has 0 bridgehead atoms. The number of aromatic amines is 1. The number of hydrogen-bond donors (Lipinski definition) is 2. The van der Waals surface area contributed by atoms with Crippen molar-refractivity contribution in [3.05, 3.63) is 46.9 Å². The zero-order valence-corrected chi connectivity index (χ0v) is 11.1. The lowest BCUT2D eigenvalue weighted by Gasteiger charge is -2.15. The Balaban J connectivity index is 2.11. The molecule has 1 atom stereocenters. The van der Waals surface area contributed by atoms with E-state index in [1.54, 1.807) is 6.07 Å². The number of anilines is 1. The molecular formula is C13H12FN3OS. The molecule has 6 heteroatoms. The van der Waals surface area contributed by atoms with Crippen molar-refractivity contribution in [2.45, 2.75) is 12.2 Å². The van der Waals surface area contributed by atoms with Gasteiger partial charge < -0.3 is 5.32 Å². The molecule has 1 aromatic carbocycles. The molecule has 1 aliphatic rings. The van der Waals surface area contributed by atoms with Crippen LogP contribution in [0.5, 0.6) is 0 Å². The van der Waals surface area contributed by atoms with Crippen LogP contribution in [0.4, 0.5) is 10.2 Å². The van der Waals surface area contributed by atoms with Gasteiger partial charge >= 0.3 is 0 Å². The van der Waals surface area contributed by atoms with Gasteiger partial charge in [0.2, 0.25) is 5.91 Å². The smallest absolute Gasteiger partial charge is 0.235 e. The summed E-state index contributed by atoms with van der Waals surface area (Å²) in [7, 11) is 0. The molecule has 0 saturated carbocycles. The summed E-state index contributed by atoms with van der Waals surface area (Å²) in [5.74, 6) is 0.513. The fourth-order valence-corrected chi connectivity index (χ4v) is 3.38. The van der Waals surface area contributed by atoms with Gasteiger partial charge in [0, 0.05) is 11.3 Å². The first-order valence-corrected chi connectivity index (χ1v) is 6.92. The molecule has 0 saturated heterocycles. The van der Waals surface area contributed by atoms with Crippen molar-refractivity contribution in [3.8, 4) is 0 Å². The molecule has 2 heterocycles. The van der Waals surface area contributed by atoms with E-state index >= 15 is 0 Å². The molecule has 1 aliphatic heterocycles. The highest BCUT2D eigenvalue weighted by molar-refractivity contribution is 8.00.